The van der Waals surface area contributed by atoms with Gasteiger partial charge in [0.15, 0.2) is 0 Å². The highest BCUT2D eigenvalue weighted by molar-refractivity contribution is 14.1. The Morgan fingerprint density at radius 3 is 2.75 bits per heavy atom. The Kier molecular flexibility index (Phi) is 3.70. The molecule has 1 aromatic carbocycles. The smallest absolute Gasteiger partial charge is 0.132 e. The topological polar surface area (TPSA) is 30.0 Å². The molecule has 16 heavy (non-hydrogen) atoms. The van der Waals surface area contributed by atoms with Gasteiger partial charge in [0.25, 0.3) is 0 Å². The number of nitrogens with zero attached hydrogens (tertiary/aromatic N) is 1. The van der Waals surface area contributed by atoms with Gasteiger partial charge in [-0.1, -0.05) is 12.1 Å². The zero-order valence-electron chi connectivity index (χ0n) is 8.68. The minimum atomic E-state index is -1.19. The normalized spacial score (nSPS) is 12.4. The van der Waals surface area contributed by atoms with Crippen molar-refractivity contribution in [1.29, 1.82) is 0 Å². The number of hydrogen-bond donors (Lipinski definition) is 0. The van der Waals surface area contributed by atoms with E-state index in [1.807, 2.05) is 37.3 Å². The molecular weight excluding hydrogens is 333 g/mol. The fraction of sp³-hybridized carbons (Fsp3) is 0.0833. The molecule has 0 aliphatic heterocycles. The third-order valence-corrected chi connectivity index (χ3v) is 4.78. The van der Waals surface area contributed by atoms with Crippen LogP contribution >= 0.6 is 22.6 Å². The van der Waals surface area contributed by atoms with Crippen LogP contribution in [-0.2, 0) is 10.8 Å². The van der Waals surface area contributed by atoms with Crippen molar-refractivity contribution in [2.24, 2.45) is 0 Å². The number of halogens is 1. The van der Waals surface area contributed by atoms with E-state index >= 15 is 0 Å². The van der Waals surface area contributed by atoms with Crippen molar-refractivity contribution in [2.75, 3.05) is 0 Å². The molecule has 2 rings (SSSR count). The van der Waals surface area contributed by atoms with E-state index in [-0.39, 0.29) is 0 Å². The van der Waals surface area contributed by atoms with Crippen molar-refractivity contribution in [3.05, 3.63) is 51.7 Å². The van der Waals surface area contributed by atoms with Gasteiger partial charge in [-0.3, -0.25) is 0 Å². The summed E-state index contributed by atoms with van der Waals surface area (Å²) < 4.78 is 13.3. The third kappa shape index (κ3) is 2.49. The van der Waals surface area contributed by atoms with Crippen molar-refractivity contribution < 1.29 is 4.21 Å². The predicted octanol–water partition coefficient (Wildman–Crippen LogP) is 3.16. The minimum absolute atomic E-state index is 0.603. The summed E-state index contributed by atoms with van der Waals surface area (Å²) in [6, 6.07) is 11.4. The van der Waals surface area contributed by atoms with Crippen LogP contribution in [-0.4, -0.2) is 9.19 Å². The fourth-order valence-corrected chi connectivity index (χ4v) is 3.38. The quantitative estimate of drug-likeness (QED) is 0.784. The molecule has 4 heteroatoms. The van der Waals surface area contributed by atoms with Crippen LogP contribution in [0.3, 0.4) is 0 Å². The molecule has 0 fully saturated rings. The lowest BCUT2D eigenvalue weighted by atomic mass is 10.2. The largest absolute Gasteiger partial charge is 0.247 e. The van der Waals surface area contributed by atoms with E-state index in [2.05, 4.69) is 27.6 Å². The first-order valence-electron chi connectivity index (χ1n) is 4.77. The third-order valence-electron chi connectivity index (χ3n) is 2.11. The summed E-state index contributed by atoms with van der Waals surface area (Å²) in [6.07, 6.45) is 1.66. The van der Waals surface area contributed by atoms with Crippen LogP contribution in [0.5, 0.6) is 0 Å². The SMILES string of the molecule is Cc1ccc(I)c(S(=O)c2ccccn2)c1. The summed E-state index contributed by atoms with van der Waals surface area (Å²) >= 11 is 2.20. The minimum Gasteiger partial charge on any atom is -0.247 e. The average Bonchev–Trinajstić information content (AvgIpc) is 2.32. The van der Waals surface area contributed by atoms with Crippen LogP contribution < -0.4 is 0 Å². The summed E-state index contributed by atoms with van der Waals surface area (Å²) in [5.74, 6) is 0. The van der Waals surface area contributed by atoms with Gasteiger partial charge in [0.1, 0.15) is 15.8 Å². The second kappa shape index (κ2) is 5.05. The number of aryl methyl sites for hydroxylation is 1. The first kappa shape index (κ1) is 11.7. The number of hydrogen-bond acceptors (Lipinski definition) is 2. The molecule has 0 spiro atoms. The first-order chi connectivity index (χ1) is 7.68. The van der Waals surface area contributed by atoms with Crippen molar-refractivity contribution in [3.63, 3.8) is 0 Å². The van der Waals surface area contributed by atoms with Gasteiger partial charge in [0.2, 0.25) is 0 Å². The maximum Gasteiger partial charge on any atom is 0.132 e. The Morgan fingerprint density at radius 1 is 1.25 bits per heavy atom. The summed E-state index contributed by atoms with van der Waals surface area (Å²) in [6.45, 7) is 2.00. The van der Waals surface area contributed by atoms with Crippen LogP contribution in [0.15, 0.2) is 52.5 Å². The Morgan fingerprint density at radius 2 is 2.06 bits per heavy atom. The highest BCUT2D eigenvalue weighted by Gasteiger charge is 2.11. The molecule has 1 atom stereocenters. The van der Waals surface area contributed by atoms with E-state index < -0.39 is 10.8 Å². The highest BCUT2D eigenvalue weighted by Crippen LogP contribution is 2.21. The lowest BCUT2D eigenvalue weighted by Crippen LogP contribution is -1.98. The molecule has 0 amide bonds. The van der Waals surface area contributed by atoms with Gasteiger partial charge in [-0.25, -0.2) is 9.19 Å². The van der Waals surface area contributed by atoms with E-state index in [1.54, 1.807) is 12.3 Å². The molecule has 0 aliphatic rings. The van der Waals surface area contributed by atoms with E-state index in [9.17, 15) is 4.21 Å². The molecule has 0 saturated carbocycles. The molecule has 2 aromatic rings. The summed E-state index contributed by atoms with van der Waals surface area (Å²) in [7, 11) is -1.19. The van der Waals surface area contributed by atoms with Crippen LogP contribution in [0.4, 0.5) is 0 Å². The van der Waals surface area contributed by atoms with Crippen molar-refractivity contribution in [3.8, 4) is 0 Å². The van der Waals surface area contributed by atoms with Gasteiger partial charge >= 0.3 is 0 Å². The predicted molar refractivity (Wildman–Crippen MR) is 72.8 cm³/mol. The summed E-state index contributed by atoms with van der Waals surface area (Å²) in [5.41, 5.74) is 1.11. The Balaban J connectivity index is 2.46. The summed E-state index contributed by atoms with van der Waals surface area (Å²) in [5, 5.41) is 0.603. The number of benzene rings is 1. The van der Waals surface area contributed by atoms with Crippen LogP contribution in [0.1, 0.15) is 5.56 Å². The molecule has 2 nitrogen and oxygen atoms in total. The lowest BCUT2D eigenvalue weighted by Gasteiger charge is -2.05. The van der Waals surface area contributed by atoms with Gasteiger partial charge in [0, 0.05) is 9.77 Å². The molecule has 0 bridgehead atoms. The second-order valence-corrected chi connectivity index (χ2v) is 5.93. The van der Waals surface area contributed by atoms with E-state index in [4.69, 9.17) is 0 Å². The van der Waals surface area contributed by atoms with Crippen LogP contribution in [0.2, 0.25) is 0 Å². The fourth-order valence-electron chi connectivity index (χ4n) is 1.32. The zero-order chi connectivity index (χ0) is 11.5. The van der Waals surface area contributed by atoms with Gasteiger partial charge in [-0.15, -0.1) is 0 Å². The monoisotopic (exact) mass is 343 g/mol. The van der Waals surface area contributed by atoms with Crippen molar-refractivity contribution in [2.45, 2.75) is 16.8 Å². The zero-order valence-corrected chi connectivity index (χ0v) is 11.7. The lowest BCUT2D eigenvalue weighted by molar-refractivity contribution is 0.680. The second-order valence-electron chi connectivity index (χ2n) is 3.37. The maximum atomic E-state index is 12.3. The Bertz CT molecular complexity index is 528. The molecule has 0 aliphatic carbocycles. The molecule has 82 valence electrons. The van der Waals surface area contributed by atoms with E-state index in [0.29, 0.717) is 5.03 Å². The van der Waals surface area contributed by atoms with Gasteiger partial charge in [-0.2, -0.15) is 0 Å². The van der Waals surface area contributed by atoms with Crippen molar-refractivity contribution >= 4 is 33.4 Å². The van der Waals surface area contributed by atoms with E-state index in [0.717, 1.165) is 14.0 Å². The molecule has 0 radical (unpaired) electrons. The van der Waals surface area contributed by atoms with Gasteiger partial charge in [0.05, 0.1) is 4.90 Å². The molecular formula is C12H10INOS. The van der Waals surface area contributed by atoms with Gasteiger partial charge < -0.3 is 0 Å². The van der Waals surface area contributed by atoms with Gasteiger partial charge in [-0.05, 0) is 59.3 Å². The molecule has 1 unspecified atom stereocenters. The average molecular weight is 343 g/mol. The maximum absolute atomic E-state index is 12.3. The molecule has 1 aromatic heterocycles. The molecule has 1 heterocycles. The number of rotatable bonds is 2. The first-order valence-corrected chi connectivity index (χ1v) is 7.00. The molecule has 0 saturated heterocycles. The van der Waals surface area contributed by atoms with Crippen LogP contribution in [0.25, 0.3) is 0 Å². The number of pyridine rings is 1. The number of aromatic nitrogens is 1. The molecule has 0 N–H and O–H groups in total. The van der Waals surface area contributed by atoms with Crippen molar-refractivity contribution in [1.82, 2.24) is 4.98 Å². The summed E-state index contributed by atoms with van der Waals surface area (Å²) in [4.78, 5) is 4.96. The Labute approximate surface area is 111 Å². The van der Waals surface area contributed by atoms with E-state index in [1.165, 1.54) is 0 Å². The van der Waals surface area contributed by atoms with Crippen LogP contribution in [0, 0.1) is 10.5 Å². The standard InChI is InChI=1S/C12H10INOS/c1-9-5-6-10(13)11(8-9)16(15)12-4-2-3-7-14-12/h2-8H,1H3. The Hall–Kier alpha value is -0.750. The highest BCUT2D eigenvalue weighted by atomic mass is 127.